The normalized spacial score (nSPS) is 13.4. The molecule has 0 amide bonds. The lowest BCUT2D eigenvalue weighted by atomic mass is 9.92. The van der Waals surface area contributed by atoms with E-state index in [2.05, 4.69) is 46.5 Å². The van der Waals surface area contributed by atoms with Crippen LogP contribution >= 0.6 is 0 Å². The number of aromatic nitrogens is 1. The molecule has 0 aliphatic carbocycles. The van der Waals surface area contributed by atoms with Crippen LogP contribution in [0.2, 0.25) is 0 Å². The van der Waals surface area contributed by atoms with E-state index in [-0.39, 0.29) is 10.8 Å². The average molecular weight is 181 g/mol. The molecule has 0 aromatic carbocycles. The molecule has 0 saturated carbocycles. The predicted molar refractivity (Wildman–Crippen MR) is 53.9 cm³/mol. The van der Waals surface area contributed by atoms with Gasteiger partial charge in [-0.2, -0.15) is 0 Å². The minimum atomic E-state index is 0.00347. The highest BCUT2D eigenvalue weighted by Gasteiger charge is 2.24. The molecule has 0 aliphatic heterocycles. The summed E-state index contributed by atoms with van der Waals surface area (Å²) in [5, 5.41) is 0. The largest absolute Gasteiger partial charge is 0.448 e. The maximum absolute atomic E-state index is 5.44. The summed E-state index contributed by atoms with van der Waals surface area (Å²) in [6, 6.07) is 0. The van der Waals surface area contributed by atoms with Gasteiger partial charge in [-0.15, -0.1) is 0 Å². The molecule has 0 aliphatic rings. The topological polar surface area (TPSA) is 26.0 Å². The molecule has 0 saturated heterocycles. The first-order valence-corrected chi connectivity index (χ1v) is 4.68. The van der Waals surface area contributed by atoms with Crippen molar-refractivity contribution >= 4 is 0 Å². The lowest BCUT2D eigenvalue weighted by Gasteiger charge is -2.15. The Morgan fingerprint density at radius 1 is 1.00 bits per heavy atom. The average Bonchev–Trinajstić information content (AvgIpc) is 2.28. The minimum Gasteiger partial charge on any atom is -0.448 e. The SMILES string of the molecule is CC(C)(C)c1coc(C(C)(C)C)n1. The van der Waals surface area contributed by atoms with Crippen LogP contribution in [0.3, 0.4) is 0 Å². The van der Waals surface area contributed by atoms with Gasteiger partial charge in [0.25, 0.3) is 0 Å². The van der Waals surface area contributed by atoms with E-state index >= 15 is 0 Å². The number of oxazole rings is 1. The molecule has 1 heterocycles. The highest BCUT2D eigenvalue weighted by Crippen LogP contribution is 2.26. The smallest absolute Gasteiger partial charge is 0.199 e. The molecule has 1 aromatic rings. The Bertz CT molecular complexity index is 257. The molecule has 0 N–H and O–H groups in total. The molecular formula is C11H19NO. The summed E-state index contributed by atoms with van der Waals surface area (Å²) < 4.78 is 5.44. The highest BCUT2D eigenvalue weighted by molar-refractivity contribution is 5.11. The lowest BCUT2D eigenvalue weighted by Crippen LogP contribution is -2.15. The third kappa shape index (κ3) is 2.33. The predicted octanol–water partition coefficient (Wildman–Crippen LogP) is 3.27. The van der Waals surface area contributed by atoms with E-state index in [0.29, 0.717) is 0 Å². The van der Waals surface area contributed by atoms with Crippen LogP contribution in [0.1, 0.15) is 53.1 Å². The Labute approximate surface area is 80.4 Å². The minimum absolute atomic E-state index is 0.00347. The van der Waals surface area contributed by atoms with Gasteiger partial charge in [0.15, 0.2) is 5.89 Å². The van der Waals surface area contributed by atoms with Crippen LogP contribution in [0.25, 0.3) is 0 Å². The molecule has 0 spiro atoms. The molecule has 2 heteroatoms. The van der Waals surface area contributed by atoms with E-state index < -0.39 is 0 Å². The molecular weight excluding hydrogens is 162 g/mol. The van der Waals surface area contributed by atoms with E-state index in [4.69, 9.17) is 4.42 Å². The molecule has 0 unspecified atom stereocenters. The van der Waals surface area contributed by atoms with Crippen LogP contribution < -0.4 is 0 Å². The van der Waals surface area contributed by atoms with Crippen molar-refractivity contribution in [2.24, 2.45) is 0 Å². The first-order valence-electron chi connectivity index (χ1n) is 4.68. The molecule has 2 nitrogen and oxygen atoms in total. The summed E-state index contributed by atoms with van der Waals surface area (Å²) in [6.07, 6.45) is 1.76. The Balaban J connectivity index is 3.01. The Morgan fingerprint density at radius 3 is 1.77 bits per heavy atom. The van der Waals surface area contributed by atoms with Crippen LogP contribution in [0.15, 0.2) is 10.7 Å². The fourth-order valence-electron chi connectivity index (χ4n) is 0.963. The van der Waals surface area contributed by atoms with Crippen molar-refractivity contribution in [2.45, 2.75) is 52.4 Å². The number of rotatable bonds is 0. The van der Waals surface area contributed by atoms with Crippen LogP contribution in [0.4, 0.5) is 0 Å². The molecule has 0 bridgehead atoms. The van der Waals surface area contributed by atoms with Crippen molar-refractivity contribution in [2.75, 3.05) is 0 Å². The van der Waals surface area contributed by atoms with Gasteiger partial charge in [-0.1, -0.05) is 41.5 Å². The van der Waals surface area contributed by atoms with Crippen molar-refractivity contribution in [3.63, 3.8) is 0 Å². The summed E-state index contributed by atoms with van der Waals surface area (Å²) in [6.45, 7) is 12.7. The summed E-state index contributed by atoms with van der Waals surface area (Å²) in [4.78, 5) is 4.49. The highest BCUT2D eigenvalue weighted by atomic mass is 16.3. The van der Waals surface area contributed by atoms with E-state index in [0.717, 1.165) is 11.6 Å². The van der Waals surface area contributed by atoms with Crippen molar-refractivity contribution in [1.29, 1.82) is 0 Å². The summed E-state index contributed by atoms with van der Waals surface area (Å²) in [7, 11) is 0. The van der Waals surface area contributed by atoms with E-state index in [1.54, 1.807) is 6.26 Å². The standard InChI is InChI=1S/C11H19NO/c1-10(2,3)8-7-13-9(12-8)11(4,5)6/h7H,1-6H3. The van der Waals surface area contributed by atoms with Crippen molar-refractivity contribution in [1.82, 2.24) is 4.98 Å². The summed E-state index contributed by atoms with van der Waals surface area (Å²) in [5.74, 6) is 0.817. The molecule has 0 fully saturated rings. The zero-order valence-corrected chi connectivity index (χ0v) is 9.43. The monoisotopic (exact) mass is 181 g/mol. The third-order valence-electron chi connectivity index (χ3n) is 1.91. The number of hydrogen-bond acceptors (Lipinski definition) is 2. The lowest BCUT2D eigenvalue weighted by molar-refractivity contribution is 0.392. The molecule has 0 atom stereocenters. The molecule has 13 heavy (non-hydrogen) atoms. The second-order valence-electron chi connectivity index (χ2n) is 5.54. The van der Waals surface area contributed by atoms with Crippen LogP contribution in [0, 0.1) is 0 Å². The van der Waals surface area contributed by atoms with E-state index in [1.165, 1.54) is 0 Å². The second kappa shape index (κ2) is 2.86. The second-order valence-corrected chi connectivity index (χ2v) is 5.54. The first-order chi connectivity index (χ1) is 5.71. The fraction of sp³-hybridized carbons (Fsp3) is 0.727. The zero-order valence-electron chi connectivity index (χ0n) is 9.43. The maximum Gasteiger partial charge on any atom is 0.199 e. The molecule has 1 aromatic heterocycles. The number of hydrogen-bond donors (Lipinski definition) is 0. The van der Waals surface area contributed by atoms with Crippen LogP contribution in [0.5, 0.6) is 0 Å². The van der Waals surface area contributed by atoms with Crippen molar-refractivity contribution in [3.05, 3.63) is 17.8 Å². The van der Waals surface area contributed by atoms with Gasteiger partial charge in [0.05, 0.1) is 5.69 Å². The molecule has 1 rings (SSSR count). The third-order valence-corrected chi connectivity index (χ3v) is 1.91. The van der Waals surface area contributed by atoms with Gasteiger partial charge in [0, 0.05) is 10.8 Å². The van der Waals surface area contributed by atoms with Gasteiger partial charge in [0.1, 0.15) is 6.26 Å². The fourth-order valence-corrected chi connectivity index (χ4v) is 0.963. The Morgan fingerprint density at radius 2 is 1.54 bits per heavy atom. The van der Waals surface area contributed by atoms with Gasteiger partial charge in [-0.25, -0.2) is 4.98 Å². The van der Waals surface area contributed by atoms with Crippen LogP contribution in [-0.4, -0.2) is 4.98 Å². The Hall–Kier alpha value is -0.790. The first kappa shape index (κ1) is 10.3. The zero-order chi connectivity index (χ0) is 10.3. The Kier molecular flexibility index (Phi) is 2.27. The van der Waals surface area contributed by atoms with Gasteiger partial charge in [-0.3, -0.25) is 0 Å². The van der Waals surface area contributed by atoms with Crippen molar-refractivity contribution in [3.8, 4) is 0 Å². The molecule has 74 valence electrons. The van der Waals surface area contributed by atoms with Crippen molar-refractivity contribution < 1.29 is 4.42 Å². The number of nitrogens with zero attached hydrogens (tertiary/aromatic N) is 1. The van der Waals surface area contributed by atoms with Gasteiger partial charge >= 0.3 is 0 Å². The maximum atomic E-state index is 5.44. The van der Waals surface area contributed by atoms with E-state index in [9.17, 15) is 0 Å². The summed E-state index contributed by atoms with van der Waals surface area (Å²) in [5.41, 5.74) is 1.11. The van der Waals surface area contributed by atoms with Crippen LogP contribution in [-0.2, 0) is 10.8 Å². The van der Waals surface area contributed by atoms with Gasteiger partial charge in [-0.05, 0) is 0 Å². The van der Waals surface area contributed by atoms with E-state index in [1.807, 2.05) is 0 Å². The summed E-state index contributed by atoms with van der Waals surface area (Å²) >= 11 is 0. The van der Waals surface area contributed by atoms with Gasteiger partial charge < -0.3 is 4.42 Å². The quantitative estimate of drug-likeness (QED) is 0.614. The van der Waals surface area contributed by atoms with Gasteiger partial charge in [0.2, 0.25) is 0 Å². The molecule has 0 radical (unpaired) electrons.